The number of aliphatic hydroxyl groups is 1. The van der Waals surface area contributed by atoms with Crippen LogP contribution in [0.2, 0.25) is 0 Å². The van der Waals surface area contributed by atoms with Crippen LogP contribution in [-0.4, -0.2) is 12.2 Å². The van der Waals surface area contributed by atoms with Crippen molar-refractivity contribution in [2.75, 3.05) is 7.11 Å². The lowest BCUT2D eigenvalue weighted by atomic mass is 10.2. The van der Waals surface area contributed by atoms with Gasteiger partial charge in [0.1, 0.15) is 0 Å². The molecule has 64 valence electrons. The zero-order chi connectivity index (χ0) is 8.41. The highest BCUT2D eigenvalue weighted by Gasteiger charge is 2.07. The van der Waals surface area contributed by atoms with E-state index < -0.39 is 0 Å². The minimum Gasteiger partial charge on any atom is -0.400 e. The summed E-state index contributed by atoms with van der Waals surface area (Å²) in [7, 11) is 1.00. The van der Waals surface area contributed by atoms with Crippen LogP contribution in [0, 0.1) is 5.92 Å². The van der Waals surface area contributed by atoms with Gasteiger partial charge in [-0.15, -0.1) is 0 Å². The molecule has 0 atom stereocenters. The fraction of sp³-hybridized carbons (Fsp3) is 1.00. The second kappa shape index (κ2) is 11.7. The van der Waals surface area contributed by atoms with E-state index >= 15 is 0 Å². The molecule has 0 saturated heterocycles. The molecule has 0 radical (unpaired) electrons. The molecule has 1 aliphatic carbocycles. The van der Waals surface area contributed by atoms with Gasteiger partial charge < -0.3 is 5.11 Å². The molecule has 0 heterocycles. The van der Waals surface area contributed by atoms with Gasteiger partial charge in [-0.25, -0.2) is 0 Å². The van der Waals surface area contributed by atoms with Gasteiger partial charge in [0, 0.05) is 7.11 Å². The smallest absolute Gasteiger partial charge is 0.0319 e. The van der Waals surface area contributed by atoms with E-state index in [-0.39, 0.29) is 0 Å². The van der Waals surface area contributed by atoms with Gasteiger partial charge in [0.15, 0.2) is 0 Å². The van der Waals surface area contributed by atoms with Crippen molar-refractivity contribution in [2.24, 2.45) is 5.92 Å². The van der Waals surface area contributed by atoms with Gasteiger partial charge in [-0.2, -0.15) is 0 Å². The van der Waals surface area contributed by atoms with Crippen LogP contribution in [0.4, 0.5) is 0 Å². The zero-order valence-electron chi connectivity index (χ0n) is 7.85. The normalized spacial score (nSPS) is 16.5. The Morgan fingerprint density at radius 1 is 1.00 bits per heavy atom. The first-order chi connectivity index (χ1) is 4.89. The molecule has 1 fully saturated rings. The summed E-state index contributed by atoms with van der Waals surface area (Å²) in [4.78, 5) is 0. The van der Waals surface area contributed by atoms with E-state index in [4.69, 9.17) is 5.11 Å². The van der Waals surface area contributed by atoms with Crippen LogP contribution in [0.5, 0.6) is 0 Å². The van der Waals surface area contributed by atoms with Crippen molar-refractivity contribution in [2.45, 2.75) is 46.5 Å². The molecule has 10 heavy (non-hydrogen) atoms. The van der Waals surface area contributed by atoms with Crippen LogP contribution in [0.25, 0.3) is 0 Å². The lowest BCUT2D eigenvalue weighted by Crippen LogP contribution is -1.78. The third kappa shape index (κ3) is 7.96. The fourth-order valence-corrected chi connectivity index (χ4v) is 1.13. The van der Waals surface area contributed by atoms with Gasteiger partial charge in [-0.3, -0.25) is 0 Å². The molecule has 1 N–H and O–H groups in total. The highest BCUT2D eigenvalue weighted by molar-refractivity contribution is 4.60. The summed E-state index contributed by atoms with van der Waals surface area (Å²) in [5.74, 6) is 1.05. The van der Waals surface area contributed by atoms with Crippen molar-refractivity contribution < 1.29 is 5.11 Å². The summed E-state index contributed by atoms with van der Waals surface area (Å²) in [6.45, 7) is 6.34. The third-order valence-corrected chi connectivity index (χ3v) is 1.64. The van der Waals surface area contributed by atoms with E-state index in [9.17, 15) is 0 Å². The predicted octanol–water partition coefficient (Wildman–Crippen LogP) is 2.83. The topological polar surface area (TPSA) is 20.2 Å². The summed E-state index contributed by atoms with van der Waals surface area (Å²) >= 11 is 0. The third-order valence-electron chi connectivity index (χ3n) is 1.64. The Bertz CT molecular complexity index is 38.0. The molecule has 0 amide bonds. The van der Waals surface area contributed by atoms with Crippen molar-refractivity contribution >= 4 is 0 Å². The van der Waals surface area contributed by atoms with Crippen LogP contribution in [0.15, 0.2) is 0 Å². The van der Waals surface area contributed by atoms with Crippen LogP contribution < -0.4 is 0 Å². The van der Waals surface area contributed by atoms with E-state index in [0.29, 0.717) is 0 Å². The summed E-state index contributed by atoms with van der Waals surface area (Å²) in [6.07, 6.45) is 5.95. The highest BCUT2D eigenvalue weighted by atomic mass is 16.2. The Balaban J connectivity index is 0. The fourth-order valence-electron chi connectivity index (χ4n) is 1.13. The molecule has 0 bridgehead atoms. The van der Waals surface area contributed by atoms with E-state index in [1.165, 1.54) is 25.7 Å². The lowest BCUT2D eigenvalue weighted by Gasteiger charge is -1.91. The summed E-state index contributed by atoms with van der Waals surface area (Å²) in [6, 6.07) is 0. The Kier molecular flexibility index (Phi) is 14.8. The van der Waals surface area contributed by atoms with Gasteiger partial charge in [0.05, 0.1) is 0 Å². The van der Waals surface area contributed by atoms with Gasteiger partial charge in [0.2, 0.25) is 0 Å². The second-order valence-corrected chi connectivity index (χ2v) is 2.39. The number of rotatable bonds is 0. The predicted molar refractivity (Wildman–Crippen MR) is 47.1 cm³/mol. The molecule has 1 heteroatoms. The largest absolute Gasteiger partial charge is 0.400 e. The Hall–Kier alpha value is -0.0400. The molecule has 0 aromatic carbocycles. The van der Waals surface area contributed by atoms with Crippen LogP contribution >= 0.6 is 0 Å². The van der Waals surface area contributed by atoms with Crippen molar-refractivity contribution in [3.63, 3.8) is 0 Å². The monoisotopic (exact) mass is 146 g/mol. The molecule has 0 spiro atoms. The van der Waals surface area contributed by atoms with Gasteiger partial charge in [-0.1, -0.05) is 46.5 Å². The van der Waals surface area contributed by atoms with Crippen molar-refractivity contribution in [3.05, 3.63) is 0 Å². The molecule has 0 aromatic heterocycles. The van der Waals surface area contributed by atoms with Gasteiger partial charge in [0.25, 0.3) is 0 Å². The zero-order valence-corrected chi connectivity index (χ0v) is 7.85. The molecule has 0 unspecified atom stereocenters. The minimum absolute atomic E-state index is 1.00. The molecular weight excluding hydrogens is 124 g/mol. The Morgan fingerprint density at radius 2 is 1.30 bits per heavy atom. The highest BCUT2D eigenvalue weighted by Crippen LogP contribution is 2.22. The van der Waals surface area contributed by atoms with E-state index in [1.807, 2.05) is 13.8 Å². The Labute approximate surface area is 65.5 Å². The van der Waals surface area contributed by atoms with E-state index in [2.05, 4.69) is 6.92 Å². The second-order valence-electron chi connectivity index (χ2n) is 2.39. The first-order valence-corrected chi connectivity index (χ1v) is 4.34. The SMILES string of the molecule is CC.CC1CCCC1.CO. The van der Waals surface area contributed by atoms with E-state index in [1.54, 1.807) is 0 Å². The van der Waals surface area contributed by atoms with Gasteiger partial charge in [-0.05, 0) is 5.92 Å². The lowest BCUT2D eigenvalue weighted by molar-refractivity contribution is 0.399. The maximum atomic E-state index is 7.00. The van der Waals surface area contributed by atoms with E-state index in [0.717, 1.165) is 13.0 Å². The first kappa shape index (κ1) is 12.6. The molecule has 0 aromatic rings. The number of hydrogen-bond acceptors (Lipinski definition) is 1. The maximum Gasteiger partial charge on any atom is 0.0319 e. The molecule has 1 saturated carbocycles. The molecule has 0 aliphatic heterocycles. The quantitative estimate of drug-likeness (QED) is 0.557. The molecular formula is C9H22O. The summed E-state index contributed by atoms with van der Waals surface area (Å²) in [5.41, 5.74) is 0. The van der Waals surface area contributed by atoms with Crippen molar-refractivity contribution in [1.29, 1.82) is 0 Å². The van der Waals surface area contributed by atoms with Crippen molar-refractivity contribution in [1.82, 2.24) is 0 Å². The van der Waals surface area contributed by atoms with Crippen molar-refractivity contribution in [3.8, 4) is 0 Å². The summed E-state index contributed by atoms with van der Waals surface area (Å²) < 4.78 is 0. The summed E-state index contributed by atoms with van der Waals surface area (Å²) in [5, 5.41) is 7.00. The first-order valence-electron chi connectivity index (χ1n) is 4.34. The van der Waals surface area contributed by atoms with Crippen LogP contribution in [-0.2, 0) is 0 Å². The number of aliphatic hydroxyl groups excluding tert-OH is 1. The minimum atomic E-state index is 1.00. The molecule has 1 nitrogen and oxygen atoms in total. The average molecular weight is 146 g/mol. The van der Waals surface area contributed by atoms with Crippen LogP contribution in [0.3, 0.4) is 0 Å². The van der Waals surface area contributed by atoms with Gasteiger partial charge >= 0.3 is 0 Å². The number of hydrogen-bond donors (Lipinski definition) is 1. The molecule has 1 rings (SSSR count). The maximum absolute atomic E-state index is 7.00. The Morgan fingerprint density at radius 3 is 1.40 bits per heavy atom. The molecule has 1 aliphatic rings. The average Bonchev–Trinajstić information content (AvgIpc) is 2.48. The standard InChI is InChI=1S/C6H12.C2H6.CH4O/c1-6-4-2-3-5-6;2*1-2/h6H,2-5H2,1H3;1-2H3;2H,1H3. The van der Waals surface area contributed by atoms with Crippen LogP contribution in [0.1, 0.15) is 46.5 Å².